The van der Waals surface area contributed by atoms with Crippen molar-refractivity contribution in [2.24, 2.45) is 5.29 Å². The Labute approximate surface area is 181 Å². The number of carbonyl (C=O) groups excluding carboxylic acids is 2. The minimum Gasteiger partial charge on any atom is -0.465 e. The quantitative estimate of drug-likeness (QED) is 0.446. The largest absolute Gasteiger partial charge is 0.465 e. The van der Waals surface area contributed by atoms with Crippen LogP contribution in [0.2, 0.25) is 0 Å². The second kappa shape index (κ2) is 9.23. The number of ether oxygens (including phenoxy) is 2. The number of sulfone groups is 1. The maximum absolute atomic E-state index is 13.7. The molecular formula is C18H20N2O7S3. The van der Waals surface area contributed by atoms with Gasteiger partial charge in [0.1, 0.15) is 12.1 Å². The summed E-state index contributed by atoms with van der Waals surface area (Å²) in [6.07, 6.45) is 0. The predicted octanol–water partition coefficient (Wildman–Crippen LogP) is 2.87. The zero-order valence-corrected chi connectivity index (χ0v) is 18.6. The molecule has 162 valence electrons. The molecule has 1 saturated heterocycles. The molecule has 0 amide bonds. The first-order valence-electron chi connectivity index (χ1n) is 9.10. The average Bonchev–Trinajstić information content (AvgIpc) is 3.40. The molecule has 30 heavy (non-hydrogen) atoms. The SMILES string of the molecule is CCOC(=O)C1C(c2ccsc2)N(N=O)C(c2ccsc2)C(C(=O)OCC)S1(=O)=O. The molecule has 1 fully saturated rings. The molecular weight excluding hydrogens is 452 g/mol. The van der Waals surface area contributed by atoms with Crippen molar-refractivity contribution in [3.05, 3.63) is 49.7 Å². The van der Waals surface area contributed by atoms with E-state index in [4.69, 9.17) is 9.47 Å². The van der Waals surface area contributed by atoms with Crippen molar-refractivity contribution in [1.29, 1.82) is 0 Å². The molecule has 0 bridgehead atoms. The monoisotopic (exact) mass is 472 g/mol. The summed E-state index contributed by atoms with van der Waals surface area (Å²) < 4.78 is 37.3. The molecule has 0 radical (unpaired) electrons. The third-order valence-electron chi connectivity index (χ3n) is 4.75. The number of esters is 2. The fraction of sp³-hybridized carbons (Fsp3) is 0.444. The Morgan fingerprint density at radius 3 is 1.70 bits per heavy atom. The van der Waals surface area contributed by atoms with Gasteiger partial charge in [0.05, 0.1) is 18.5 Å². The first-order valence-corrected chi connectivity index (χ1v) is 12.6. The molecule has 4 unspecified atom stereocenters. The summed E-state index contributed by atoms with van der Waals surface area (Å²) in [6, 6.07) is 0.747. The molecule has 1 aliphatic heterocycles. The van der Waals surface area contributed by atoms with Crippen LogP contribution in [0.5, 0.6) is 0 Å². The van der Waals surface area contributed by atoms with E-state index in [1.54, 1.807) is 47.5 Å². The molecule has 3 rings (SSSR count). The van der Waals surface area contributed by atoms with Crippen LogP contribution in [-0.2, 0) is 28.9 Å². The molecule has 0 aromatic carbocycles. The number of hydrogen-bond donors (Lipinski definition) is 0. The molecule has 2 aromatic rings. The Morgan fingerprint density at radius 1 is 0.967 bits per heavy atom. The van der Waals surface area contributed by atoms with E-state index in [2.05, 4.69) is 5.29 Å². The van der Waals surface area contributed by atoms with Gasteiger partial charge in [-0.05, 0) is 58.6 Å². The second-order valence-corrected chi connectivity index (χ2v) is 10.2. The Morgan fingerprint density at radius 2 is 1.40 bits per heavy atom. The third kappa shape index (κ3) is 3.86. The molecule has 0 spiro atoms. The molecule has 0 saturated carbocycles. The normalized spacial score (nSPS) is 25.5. The van der Waals surface area contributed by atoms with E-state index in [1.807, 2.05) is 0 Å². The lowest BCUT2D eigenvalue weighted by molar-refractivity contribution is -0.147. The van der Waals surface area contributed by atoms with Crippen LogP contribution in [0.25, 0.3) is 0 Å². The first kappa shape index (κ1) is 22.4. The predicted molar refractivity (Wildman–Crippen MR) is 112 cm³/mol. The first-order chi connectivity index (χ1) is 14.4. The maximum atomic E-state index is 13.7. The van der Waals surface area contributed by atoms with Crippen LogP contribution in [0, 0.1) is 4.91 Å². The molecule has 3 heterocycles. The lowest BCUT2D eigenvalue weighted by Gasteiger charge is -2.44. The molecule has 1 aliphatic rings. The van der Waals surface area contributed by atoms with Crippen LogP contribution >= 0.6 is 22.7 Å². The summed E-state index contributed by atoms with van der Waals surface area (Å²) in [6.45, 7) is 2.96. The zero-order chi connectivity index (χ0) is 21.9. The molecule has 12 heteroatoms. The summed E-state index contributed by atoms with van der Waals surface area (Å²) in [5.41, 5.74) is 0.840. The van der Waals surface area contributed by atoms with Gasteiger partial charge in [-0.15, -0.1) is 4.91 Å². The highest BCUT2D eigenvalue weighted by Gasteiger charge is 2.61. The molecule has 0 aliphatic carbocycles. The van der Waals surface area contributed by atoms with Crippen molar-refractivity contribution in [2.75, 3.05) is 13.2 Å². The Hall–Kier alpha value is -2.31. The number of thiophene rings is 2. The van der Waals surface area contributed by atoms with Gasteiger partial charge in [0.25, 0.3) is 0 Å². The summed E-state index contributed by atoms with van der Waals surface area (Å²) in [4.78, 5) is 37.6. The van der Waals surface area contributed by atoms with Gasteiger partial charge in [-0.3, -0.25) is 9.59 Å². The summed E-state index contributed by atoms with van der Waals surface area (Å²) in [7, 11) is -4.48. The molecule has 9 nitrogen and oxygen atoms in total. The van der Waals surface area contributed by atoms with Crippen LogP contribution in [-0.4, -0.2) is 49.1 Å². The highest BCUT2D eigenvalue weighted by atomic mass is 32.2. The van der Waals surface area contributed by atoms with E-state index in [-0.39, 0.29) is 13.2 Å². The maximum Gasteiger partial charge on any atom is 0.326 e. The minimum atomic E-state index is -4.48. The van der Waals surface area contributed by atoms with Crippen molar-refractivity contribution >= 4 is 44.4 Å². The van der Waals surface area contributed by atoms with Gasteiger partial charge in [-0.1, -0.05) is 0 Å². The lowest BCUT2D eigenvalue weighted by atomic mass is 9.98. The average molecular weight is 473 g/mol. The summed E-state index contributed by atoms with van der Waals surface area (Å²) in [5, 5.41) is 7.12. The molecule has 2 aromatic heterocycles. The Bertz CT molecular complexity index is 919. The number of nitrogens with zero attached hydrogens (tertiary/aromatic N) is 2. The zero-order valence-electron chi connectivity index (χ0n) is 16.2. The van der Waals surface area contributed by atoms with Crippen molar-refractivity contribution in [3.8, 4) is 0 Å². The van der Waals surface area contributed by atoms with Gasteiger partial charge in [0.2, 0.25) is 0 Å². The van der Waals surface area contributed by atoms with Crippen LogP contribution in [0.1, 0.15) is 37.1 Å². The fourth-order valence-corrected chi connectivity index (χ4v) is 7.24. The van der Waals surface area contributed by atoms with Gasteiger partial charge >= 0.3 is 11.9 Å². The van der Waals surface area contributed by atoms with Gasteiger partial charge in [0.15, 0.2) is 20.3 Å². The Kier molecular flexibility index (Phi) is 6.88. The minimum absolute atomic E-state index is 0.0617. The van der Waals surface area contributed by atoms with E-state index < -0.39 is 44.4 Å². The summed E-state index contributed by atoms with van der Waals surface area (Å²) >= 11 is 2.56. The molecule has 0 N–H and O–H groups in total. The summed E-state index contributed by atoms with van der Waals surface area (Å²) in [5.74, 6) is -2.08. The topological polar surface area (TPSA) is 119 Å². The van der Waals surface area contributed by atoms with Crippen molar-refractivity contribution in [3.63, 3.8) is 0 Å². The highest BCUT2D eigenvalue weighted by Crippen LogP contribution is 2.47. The van der Waals surface area contributed by atoms with E-state index in [1.165, 1.54) is 22.7 Å². The van der Waals surface area contributed by atoms with Crippen molar-refractivity contribution in [1.82, 2.24) is 5.01 Å². The fourth-order valence-electron chi connectivity index (χ4n) is 3.59. The van der Waals surface area contributed by atoms with E-state index in [0.29, 0.717) is 11.1 Å². The highest BCUT2D eigenvalue weighted by molar-refractivity contribution is 7.94. The van der Waals surface area contributed by atoms with Crippen LogP contribution < -0.4 is 0 Å². The van der Waals surface area contributed by atoms with Gasteiger partial charge in [-0.2, -0.15) is 22.7 Å². The van der Waals surface area contributed by atoms with Crippen LogP contribution in [0.15, 0.2) is 38.9 Å². The standard InChI is InChI=1S/C18H20N2O7S3/c1-3-26-17(21)15-13(11-5-7-28-9-11)20(19-23)14(12-6-8-29-10-12)16(30(15,24)25)18(22)27-4-2/h5-10,13-16H,3-4H2,1-2H3. The van der Waals surface area contributed by atoms with Crippen molar-refractivity contribution in [2.45, 2.75) is 36.4 Å². The van der Waals surface area contributed by atoms with Gasteiger partial charge in [-0.25, -0.2) is 13.4 Å². The van der Waals surface area contributed by atoms with Crippen LogP contribution in [0.3, 0.4) is 0 Å². The number of nitroso groups, excluding NO2 is 1. The number of hydrogen-bond acceptors (Lipinski definition) is 10. The molecule has 4 atom stereocenters. The van der Waals surface area contributed by atoms with Crippen LogP contribution in [0.4, 0.5) is 0 Å². The van der Waals surface area contributed by atoms with E-state index in [0.717, 1.165) is 5.01 Å². The van der Waals surface area contributed by atoms with Gasteiger partial charge in [0, 0.05) is 0 Å². The second-order valence-electron chi connectivity index (χ2n) is 6.40. The van der Waals surface area contributed by atoms with E-state index in [9.17, 15) is 22.9 Å². The lowest BCUT2D eigenvalue weighted by Crippen LogP contribution is -2.59. The van der Waals surface area contributed by atoms with Crippen molar-refractivity contribution < 1.29 is 27.5 Å². The third-order valence-corrected chi connectivity index (χ3v) is 8.47. The van der Waals surface area contributed by atoms with E-state index >= 15 is 0 Å². The number of rotatable bonds is 7. The smallest absolute Gasteiger partial charge is 0.326 e. The van der Waals surface area contributed by atoms with Gasteiger partial charge < -0.3 is 9.47 Å². The number of carbonyl (C=O) groups is 2. The Balaban J connectivity index is 2.26.